The van der Waals surface area contributed by atoms with Crippen LogP contribution in [0.3, 0.4) is 0 Å². The zero-order chi connectivity index (χ0) is 18.3. The van der Waals surface area contributed by atoms with Crippen molar-refractivity contribution in [2.75, 3.05) is 13.1 Å². The lowest BCUT2D eigenvalue weighted by Gasteiger charge is -2.21. The quantitative estimate of drug-likeness (QED) is 0.825. The molecule has 1 atom stereocenters. The third kappa shape index (κ3) is 2.65. The molecule has 2 fully saturated rings. The molecule has 1 aromatic carbocycles. The van der Waals surface area contributed by atoms with Crippen LogP contribution in [0.15, 0.2) is 36.5 Å². The second-order valence-corrected chi connectivity index (χ2v) is 6.86. The highest BCUT2D eigenvalue weighted by molar-refractivity contribution is 6.07. The molecule has 1 spiro atoms. The van der Waals surface area contributed by atoms with Crippen molar-refractivity contribution < 1.29 is 14.4 Å². The second kappa shape index (κ2) is 6.01. The van der Waals surface area contributed by atoms with Gasteiger partial charge in [0.1, 0.15) is 5.82 Å². The minimum atomic E-state index is -0.787. The van der Waals surface area contributed by atoms with Gasteiger partial charge in [-0.05, 0) is 13.3 Å². The van der Waals surface area contributed by atoms with Crippen LogP contribution in [0.5, 0.6) is 0 Å². The number of aromatic nitrogens is 2. The summed E-state index contributed by atoms with van der Waals surface area (Å²) in [6.45, 7) is 2.45. The van der Waals surface area contributed by atoms with E-state index >= 15 is 0 Å². The number of likely N-dealkylation sites (tertiary alicyclic amines) is 1. The van der Waals surface area contributed by atoms with Crippen LogP contribution in [0.25, 0.3) is 11.3 Å². The summed E-state index contributed by atoms with van der Waals surface area (Å²) in [6, 6.07) is 9.47. The number of nitrogens with one attached hydrogen (secondary N) is 1. The van der Waals surface area contributed by atoms with Gasteiger partial charge in [-0.15, -0.1) is 0 Å². The average Bonchev–Trinajstić information content (AvgIpc) is 3.18. The Labute approximate surface area is 150 Å². The van der Waals surface area contributed by atoms with Gasteiger partial charge in [0.05, 0.1) is 16.7 Å². The number of benzene rings is 1. The number of aryl methyl sites for hydroxylation is 1. The van der Waals surface area contributed by atoms with Gasteiger partial charge in [-0.25, -0.2) is 9.97 Å². The van der Waals surface area contributed by atoms with Crippen LogP contribution in [0, 0.1) is 12.3 Å². The lowest BCUT2D eigenvalue weighted by Crippen LogP contribution is -2.37. The Balaban J connectivity index is 1.66. The molecule has 1 aromatic heterocycles. The van der Waals surface area contributed by atoms with Gasteiger partial charge in [0.2, 0.25) is 11.8 Å². The molecule has 1 N–H and O–H groups in total. The van der Waals surface area contributed by atoms with E-state index in [0.717, 1.165) is 5.56 Å². The van der Waals surface area contributed by atoms with E-state index in [9.17, 15) is 14.4 Å². The highest BCUT2D eigenvalue weighted by atomic mass is 16.2. The first-order valence-electron chi connectivity index (χ1n) is 8.51. The van der Waals surface area contributed by atoms with E-state index < -0.39 is 5.41 Å². The van der Waals surface area contributed by atoms with E-state index in [0.29, 0.717) is 30.0 Å². The molecule has 2 saturated heterocycles. The van der Waals surface area contributed by atoms with Gasteiger partial charge in [-0.1, -0.05) is 30.3 Å². The molecule has 7 nitrogen and oxygen atoms in total. The highest BCUT2D eigenvalue weighted by Gasteiger charge is 2.52. The molecular formula is C19H18N4O3. The van der Waals surface area contributed by atoms with E-state index in [-0.39, 0.29) is 30.7 Å². The van der Waals surface area contributed by atoms with Gasteiger partial charge in [-0.3, -0.25) is 19.7 Å². The summed E-state index contributed by atoms with van der Waals surface area (Å²) < 4.78 is 0. The van der Waals surface area contributed by atoms with Crippen molar-refractivity contribution in [1.29, 1.82) is 0 Å². The minimum absolute atomic E-state index is 0.144. The summed E-state index contributed by atoms with van der Waals surface area (Å²) in [5.74, 6) is -0.180. The van der Waals surface area contributed by atoms with Crippen molar-refractivity contribution in [2.24, 2.45) is 5.41 Å². The summed E-state index contributed by atoms with van der Waals surface area (Å²) in [6.07, 6.45) is 2.17. The SMILES string of the molecule is Cc1ncc(C(=O)N2CC[C@@]3(CC(=O)NC3=O)C2)c(-c2ccccc2)n1. The maximum absolute atomic E-state index is 13.1. The number of imide groups is 1. The topological polar surface area (TPSA) is 92.3 Å². The molecule has 26 heavy (non-hydrogen) atoms. The van der Waals surface area contributed by atoms with Gasteiger partial charge in [0.25, 0.3) is 5.91 Å². The molecule has 0 saturated carbocycles. The smallest absolute Gasteiger partial charge is 0.257 e. The Bertz CT molecular complexity index is 912. The number of nitrogens with zero attached hydrogens (tertiary/aromatic N) is 3. The molecule has 3 amide bonds. The average molecular weight is 350 g/mol. The van der Waals surface area contributed by atoms with Crippen LogP contribution >= 0.6 is 0 Å². The van der Waals surface area contributed by atoms with E-state index in [1.807, 2.05) is 30.3 Å². The summed E-state index contributed by atoms with van der Waals surface area (Å²) in [4.78, 5) is 47.1. The zero-order valence-corrected chi connectivity index (χ0v) is 14.4. The molecular weight excluding hydrogens is 332 g/mol. The molecule has 132 valence electrons. The second-order valence-electron chi connectivity index (χ2n) is 6.86. The van der Waals surface area contributed by atoms with Crippen molar-refractivity contribution in [3.8, 4) is 11.3 Å². The lowest BCUT2D eigenvalue weighted by atomic mass is 9.85. The molecule has 0 radical (unpaired) electrons. The molecule has 0 aliphatic carbocycles. The molecule has 3 heterocycles. The Hall–Kier alpha value is -3.09. The molecule has 0 bridgehead atoms. The normalized spacial score (nSPS) is 22.1. The fraction of sp³-hybridized carbons (Fsp3) is 0.316. The molecule has 2 aliphatic heterocycles. The molecule has 7 heteroatoms. The first kappa shape index (κ1) is 16.4. The van der Waals surface area contributed by atoms with Gasteiger partial charge >= 0.3 is 0 Å². The van der Waals surface area contributed by atoms with E-state index in [2.05, 4.69) is 15.3 Å². The number of carbonyl (C=O) groups excluding carboxylic acids is 3. The number of carbonyl (C=O) groups is 3. The molecule has 2 aliphatic rings. The van der Waals surface area contributed by atoms with Crippen LogP contribution in [-0.2, 0) is 9.59 Å². The molecule has 2 aromatic rings. The van der Waals surface area contributed by atoms with Gasteiger partial charge < -0.3 is 4.90 Å². The van der Waals surface area contributed by atoms with Crippen molar-refractivity contribution in [3.63, 3.8) is 0 Å². The number of hydrogen-bond donors (Lipinski definition) is 1. The van der Waals surface area contributed by atoms with Crippen molar-refractivity contribution >= 4 is 17.7 Å². The Kier molecular flexibility index (Phi) is 3.79. The summed E-state index contributed by atoms with van der Waals surface area (Å²) in [7, 11) is 0. The van der Waals surface area contributed by atoms with Crippen LogP contribution in [0.1, 0.15) is 29.0 Å². The first-order valence-corrected chi connectivity index (χ1v) is 8.51. The van der Waals surface area contributed by atoms with Gasteiger partial charge in [0, 0.05) is 31.3 Å². The number of amides is 3. The lowest BCUT2D eigenvalue weighted by molar-refractivity contribution is -0.128. The van der Waals surface area contributed by atoms with Gasteiger partial charge in [-0.2, -0.15) is 0 Å². The van der Waals surface area contributed by atoms with Crippen LogP contribution in [0.4, 0.5) is 0 Å². The standard InChI is InChI=1S/C19H18N4O3/c1-12-20-10-14(16(21-12)13-5-3-2-4-6-13)17(25)23-8-7-19(11-23)9-15(24)22-18(19)26/h2-6,10H,7-9,11H2,1H3,(H,22,24,26)/t19-/m1/s1. The third-order valence-electron chi connectivity index (χ3n) is 5.06. The van der Waals surface area contributed by atoms with E-state index in [1.165, 1.54) is 6.20 Å². The van der Waals surface area contributed by atoms with Gasteiger partial charge in [0.15, 0.2) is 0 Å². The maximum Gasteiger partial charge on any atom is 0.257 e. The minimum Gasteiger partial charge on any atom is -0.337 e. The van der Waals surface area contributed by atoms with Crippen LogP contribution < -0.4 is 5.32 Å². The monoisotopic (exact) mass is 350 g/mol. The molecule has 0 unspecified atom stereocenters. The summed E-state index contributed by atoms with van der Waals surface area (Å²) in [5.41, 5.74) is 1.04. The van der Waals surface area contributed by atoms with E-state index in [4.69, 9.17) is 0 Å². The van der Waals surface area contributed by atoms with Crippen LogP contribution in [-0.4, -0.2) is 45.7 Å². The van der Waals surface area contributed by atoms with Crippen molar-refractivity contribution in [1.82, 2.24) is 20.2 Å². The van der Waals surface area contributed by atoms with Crippen molar-refractivity contribution in [2.45, 2.75) is 19.8 Å². The fourth-order valence-corrected chi connectivity index (χ4v) is 3.68. The Morgan fingerprint density at radius 2 is 2.00 bits per heavy atom. The predicted molar refractivity (Wildman–Crippen MR) is 92.9 cm³/mol. The number of rotatable bonds is 2. The summed E-state index contributed by atoms with van der Waals surface area (Å²) in [5, 5.41) is 2.35. The number of hydrogen-bond acceptors (Lipinski definition) is 5. The Morgan fingerprint density at radius 3 is 2.69 bits per heavy atom. The maximum atomic E-state index is 13.1. The first-order chi connectivity index (χ1) is 12.5. The summed E-state index contributed by atoms with van der Waals surface area (Å²) >= 11 is 0. The Morgan fingerprint density at radius 1 is 1.23 bits per heavy atom. The largest absolute Gasteiger partial charge is 0.337 e. The van der Waals surface area contributed by atoms with E-state index in [1.54, 1.807) is 11.8 Å². The van der Waals surface area contributed by atoms with Crippen LogP contribution in [0.2, 0.25) is 0 Å². The fourth-order valence-electron chi connectivity index (χ4n) is 3.68. The molecule has 4 rings (SSSR count). The third-order valence-corrected chi connectivity index (χ3v) is 5.06. The highest BCUT2D eigenvalue weighted by Crippen LogP contribution is 2.38. The van der Waals surface area contributed by atoms with Crippen molar-refractivity contribution in [3.05, 3.63) is 47.9 Å². The predicted octanol–water partition coefficient (Wildman–Crippen LogP) is 1.33. The zero-order valence-electron chi connectivity index (χ0n) is 14.4.